The molecule has 1 fully saturated rings. The Morgan fingerprint density at radius 2 is 1.83 bits per heavy atom. The number of anilines is 2. The molecule has 1 heterocycles. The molecule has 0 bridgehead atoms. The smallest absolute Gasteiger partial charge is 0.269 e. The first-order chi connectivity index (χ1) is 17.3. The van der Waals surface area contributed by atoms with Gasteiger partial charge in [-0.15, -0.1) is 0 Å². The summed E-state index contributed by atoms with van der Waals surface area (Å²) in [6, 6.07) is 22.0. The molecular formula is C28H24ClN3O3S. The number of halogens is 1. The second-order valence-corrected chi connectivity index (χ2v) is 9.93. The summed E-state index contributed by atoms with van der Waals surface area (Å²) in [4.78, 5) is 28.4. The van der Waals surface area contributed by atoms with Gasteiger partial charge in [0.05, 0.1) is 23.1 Å². The quantitative estimate of drug-likeness (QED) is 0.319. The molecule has 4 rings (SSSR count). The van der Waals surface area contributed by atoms with Crippen molar-refractivity contribution in [3.8, 4) is 11.8 Å². The van der Waals surface area contributed by atoms with E-state index in [-0.39, 0.29) is 11.5 Å². The molecule has 0 saturated carbocycles. The maximum absolute atomic E-state index is 13.7. The molecule has 0 spiro atoms. The Bertz CT molecular complexity index is 1400. The number of thioether (sulfide) groups is 1. The highest BCUT2D eigenvalue weighted by molar-refractivity contribution is 8.05. The summed E-state index contributed by atoms with van der Waals surface area (Å²) in [6.07, 6.45) is 0.434. The summed E-state index contributed by atoms with van der Waals surface area (Å²) >= 11 is 7.42. The van der Waals surface area contributed by atoms with Gasteiger partial charge >= 0.3 is 0 Å². The van der Waals surface area contributed by atoms with Crippen molar-refractivity contribution in [3.63, 3.8) is 0 Å². The summed E-state index contributed by atoms with van der Waals surface area (Å²) in [7, 11) is 1.60. The lowest BCUT2D eigenvalue weighted by Gasteiger charge is -2.20. The van der Waals surface area contributed by atoms with E-state index >= 15 is 0 Å². The number of amides is 2. The highest BCUT2D eigenvalue weighted by atomic mass is 35.5. The van der Waals surface area contributed by atoms with Crippen LogP contribution in [0.2, 0.25) is 5.02 Å². The number of methoxy groups -OCH3 is 1. The third-order valence-corrected chi connectivity index (χ3v) is 7.55. The monoisotopic (exact) mass is 517 g/mol. The summed E-state index contributed by atoms with van der Waals surface area (Å²) in [6.45, 7) is 3.95. The van der Waals surface area contributed by atoms with Crippen LogP contribution >= 0.6 is 23.4 Å². The van der Waals surface area contributed by atoms with Gasteiger partial charge in [-0.2, -0.15) is 5.26 Å². The number of carbonyl (C=O) groups excluding carboxylic acids is 2. The Balaban J connectivity index is 1.74. The SMILES string of the molecule is COc1ccc(CC2SC(=C(C#N)C(=O)Nc3ccccc3Cl)N(c3ccc(C)c(C)c3)C2=O)cc1. The lowest BCUT2D eigenvalue weighted by molar-refractivity contribution is -0.117. The molecule has 3 aromatic carbocycles. The van der Waals surface area contributed by atoms with Crippen LogP contribution in [0.4, 0.5) is 11.4 Å². The molecule has 2 amide bonds. The average Bonchev–Trinajstić information content (AvgIpc) is 3.18. The minimum Gasteiger partial charge on any atom is -0.497 e. The van der Waals surface area contributed by atoms with E-state index in [1.807, 2.05) is 62.4 Å². The van der Waals surface area contributed by atoms with Gasteiger partial charge in [-0.3, -0.25) is 14.5 Å². The first-order valence-corrected chi connectivity index (χ1v) is 12.5. The van der Waals surface area contributed by atoms with Gasteiger partial charge in [0.1, 0.15) is 22.4 Å². The van der Waals surface area contributed by atoms with Crippen LogP contribution in [0, 0.1) is 25.2 Å². The number of benzene rings is 3. The Kier molecular flexibility index (Phi) is 7.68. The molecule has 1 unspecified atom stereocenters. The van der Waals surface area contributed by atoms with E-state index in [0.717, 1.165) is 22.4 Å². The minimum atomic E-state index is -0.625. The van der Waals surface area contributed by atoms with Crippen LogP contribution in [0.1, 0.15) is 16.7 Å². The second kappa shape index (κ2) is 10.9. The number of nitrogens with zero attached hydrogens (tertiary/aromatic N) is 2. The van der Waals surface area contributed by atoms with Gasteiger partial charge in [-0.1, -0.05) is 53.7 Å². The normalized spacial score (nSPS) is 16.5. The van der Waals surface area contributed by atoms with E-state index < -0.39 is 11.2 Å². The third kappa shape index (κ3) is 5.25. The zero-order valence-electron chi connectivity index (χ0n) is 20.0. The van der Waals surface area contributed by atoms with Crippen molar-refractivity contribution in [2.75, 3.05) is 17.3 Å². The van der Waals surface area contributed by atoms with Crippen LogP contribution in [0.15, 0.2) is 77.3 Å². The first-order valence-electron chi connectivity index (χ1n) is 11.2. The Labute approximate surface area is 219 Å². The summed E-state index contributed by atoms with van der Waals surface area (Å²) in [5.41, 5.74) is 3.88. The summed E-state index contributed by atoms with van der Waals surface area (Å²) < 4.78 is 5.22. The Hall–Kier alpha value is -3.73. The molecule has 3 aromatic rings. The van der Waals surface area contributed by atoms with Crippen molar-refractivity contribution < 1.29 is 14.3 Å². The van der Waals surface area contributed by atoms with E-state index in [1.165, 1.54) is 16.7 Å². The van der Waals surface area contributed by atoms with Crippen molar-refractivity contribution in [3.05, 3.63) is 99.0 Å². The van der Waals surface area contributed by atoms with Crippen LogP contribution in [0.3, 0.4) is 0 Å². The van der Waals surface area contributed by atoms with E-state index in [2.05, 4.69) is 5.32 Å². The van der Waals surface area contributed by atoms with E-state index in [1.54, 1.807) is 31.4 Å². The lowest BCUT2D eigenvalue weighted by Crippen LogP contribution is -2.31. The molecule has 0 aliphatic carbocycles. The zero-order valence-corrected chi connectivity index (χ0v) is 21.6. The van der Waals surface area contributed by atoms with Crippen LogP contribution < -0.4 is 15.0 Å². The van der Waals surface area contributed by atoms with Crippen LogP contribution in [0.25, 0.3) is 0 Å². The fourth-order valence-corrected chi connectivity index (χ4v) is 5.30. The topological polar surface area (TPSA) is 82.4 Å². The van der Waals surface area contributed by atoms with Gasteiger partial charge in [0.15, 0.2) is 0 Å². The summed E-state index contributed by atoms with van der Waals surface area (Å²) in [5.74, 6) is -0.0864. The van der Waals surface area contributed by atoms with E-state index in [0.29, 0.717) is 27.8 Å². The third-order valence-electron chi connectivity index (χ3n) is 5.96. The number of para-hydroxylation sites is 1. The molecule has 1 saturated heterocycles. The van der Waals surface area contributed by atoms with Crippen molar-refractivity contribution in [1.82, 2.24) is 0 Å². The van der Waals surface area contributed by atoms with Gasteiger partial charge in [0, 0.05) is 5.69 Å². The number of hydrogen-bond donors (Lipinski definition) is 1. The zero-order chi connectivity index (χ0) is 25.8. The maximum Gasteiger partial charge on any atom is 0.269 e. The molecule has 0 aromatic heterocycles. The molecule has 6 nitrogen and oxygen atoms in total. The molecule has 182 valence electrons. The van der Waals surface area contributed by atoms with Crippen molar-refractivity contribution in [2.24, 2.45) is 0 Å². The lowest BCUT2D eigenvalue weighted by atomic mass is 10.1. The first kappa shape index (κ1) is 25.4. The molecule has 1 atom stereocenters. The molecular weight excluding hydrogens is 494 g/mol. The summed E-state index contributed by atoms with van der Waals surface area (Å²) in [5, 5.41) is 12.9. The van der Waals surface area contributed by atoms with Crippen LogP contribution in [-0.2, 0) is 16.0 Å². The van der Waals surface area contributed by atoms with Gasteiger partial charge in [-0.25, -0.2) is 0 Å². The van der Waals surface area contributed by atoms with E-state index in [4.69, 9.17) is 16.3 Å². The largest absolute Gasteiger partial charge is 0.497 e. The number of carbonyl (C=O) groups is 2. The molecule has 1 aliphatic rings. The Morgan fingerprint density at radius 3 is 2.47 bits per heavy atom. The number of hydrogen-bond acceptors (Lipinski definition) is 5. The van der Waals surface area contributed by atoms with E-state index in [9.17, 15) is 14.9 Å². The van der Waals surface area contributed by atoms with Crippen LogP contribution in [0.5, 0.6) is 5.75 Å². The highest BCUT2D eigenvalue weighted by Crippen LogP contribution is 2.42. The van der Waals surface area contributed by atoms with Gasteiger partial charge in [0.2, 0.25) is 5.91 Å². The highest BCUT2D eigenvalue weighted by Gasteiger charge is 2.41. The number of nitrogens with one attached hydrogen (secondary N) is 1. The molecule has 1 N–H and O–H groups in total. The number of ether oxygens (including phenoxy) is 1. The minimum absolute atomic E-state index is 0.149. The van der Waals surface area contributed by atoms with Gasteiger partial charge in [-0.05, 0) is 73.4 Å². The van der Waals surface area contributed by atoms with Crippen molar-refractivity contribution in [2.45, 2.75) is 25.5 Å². The number of nitriles is 1. The predicted molar refractivity (Wildman–Crippen MR) is 144 cm³/mol. The molecule has 36 heavy (non-hydrogen) atoms. The van der Waals surface area contributed by atoms with Crippen LogP contribution in [-0.4, -0.2) is 24.2 Å². The average molecular weight is 518 g/mol. The Morgan fingerprint density at radius 1 is 1.11 bits per heavy atom. The van der Waals surface area contributed by atoms with Gasteiger partial charge in [0.25, 0.3) is 5.91 Å². The predicted octanol–water partition coefficient (Wildman–Crippen LogP) is 6.03. The van der Waals surface area contributed by atoms with Gasteiger partial charge < -0.3 is 10.1 Å². The number of aryl methyl sites for hydroxylation is 2. The van der Waals surface area contributed by atoms with Crippen molar-refractivity contribution >= 4 is 46.6 Å². The molecule has 1 aliphatic heterocycles. The number of rotatable bonds is 6. The molecule has 8 heteroatoms. The fourth-order valence-electron chi connectivity index (χ4n) is 3.81. The fraction of sp³-hybridized carbons (Fsp3) is 0.179. The maximum atomic E-state index is 13.7. The van der Waals surface area contributed by atoms with Crippen molar-refractivity contribution in [1.29, 1.82) is 5.26 Å². The second-order valence-electron chi connectivity index (χ2n) is 8.33. The standard InChI is InChI=1S/C28H24ClN3O3S/c1-17-8-11-20(14-18(17)2)32-27(34)25(15-19-9-12-21(35-3)13-10-19)36-28(32)22(16-30)26(33)31-24-7-5-4-6-23(24)29/h4-14,25H,15H2,1-3H3,(H,31,33). The molecule has 0 radical (unpaired) electrons.